The summed E-state index contributed by atoms with van der Waals surface area (Å²) in [6.45, 7) is 1.91. The molecule has 2 aromatic rings. The zero-order valence-corrected chi connectivity index (χ0v) is 13.0. The molecule has 0 bridgehead atoms. The number of sulfonamides is 1. The van der Waals surface area contributed by atoms with Crippen LogP contribution in [0.25, 0.3) is 0 Å². The van der Waals surface area contributed by atoms with Crippen LogP contribution in [-0.4, -0.2) is 14.5 Å². The molecular formula is C17H21NO2S. The van der Waals surface area contributed by atoms with Crippen molar-refractivity contribution >= 4 is 10.0 Å². The van der Waals surface area contributed by atoms with Gasteiger partial charge in [-0.05, 0) is 30.9 Å². The highest BCUT2D eigenvalue weighted by Crippen LogP contribution is 2.08. The molecule has 21 heavy (non-hydrogen) atoms. The predicted octanol–water partition coefficient (Wildman–Crippen LogP) is 3.13. The first-order valence-corrected chi connectivity index (χ1v) is 8.78. The van der Waals surface area contributed by atoms with Crippen LogP contribution >= 0.6 is 0 Å². The number of hydrogen-bond donors (Lipinski definition) is 1. The van der Waals surface area contributed by atoms with E-state index in [1.54, 1.807) is 0 Å². The SMILES string of the molecule is C[C@H](CCc1ccccc1)NS(=O)(=O)Cc1ccccc1. The molecule has 0 unspecified atom stereocenters. The van der Waals surface area contributed by atoms with Gasteiger partial charge in [-0.1, -0.05) is 60.7 Å². The summed E-state index contributed by atoms with van der Waals surface area (Å²) in [5.74, 6) is 0.0313. The van der Waals surface area contributed by atoms with Crippen molar-refractivity contribution in [3.05, 3.63) is 71.8 Å². The summed E-state index contributed by atoms with van der Waals surface area (Å²) < 4.78 is 27.0. The second-order valence-electron chi connectivity index (χ2n) is 5.29. The molecule has 0 amide bonds. The van der Waals surface area contributed by atoms with Crippen molar-refractivity contribution in [1.82, 2.24) is 4.72 Å². The van der Waals surface area contributed by atoms with Crippen LogP contribution in [0.5, 0.6) is 0 Å². The summed E-state index contributed by atoms with van der Waals surface area (Å²) in [4.78, 5) is 0. The largest absolute Gasteiger partial charge is 0.216 e. The molecule has 2 rings (SSSR count). The third-order valence-corrected chi connectivity index (χ3v) is 4.76. The van der Waals surface area contributed by atoms with Gasteiger partial charge in [0.2, 0.25) is 10.0 Å². The lowest BCUT2D eigenvalue weighted by Gasteiger charge is -2.14. The maximum absolute atomic E-state index is 12.1. The molecule has 0 fully saturated rings. The van der Waals surface area contributed by atoms with Crippen molar-refractivity contribution in [1.29, 1.82) is 0 Å². The van der Waals surface area contributed by atoms with Gasteiger partial charge in [-0.25, -0.2) is 13.1 Å². The van der Waals surface area contributed by atoms with Crippen molar-refractivity contribution < 1.29 is 8.42 Å². The molecule has 0 aliphatic carbocycles. The Morgan fingerprint density at radius 2 is 1.43 bits per heavy atom. The van der Waals surface area contributed by atoms with E-state index >= 15 is 0 Å². The smallest absolute Gasteiger partial charge is 0.212 e. The lowest BCUT2D eigenvalue weighted by atomic mass is 10.1. The zero-order chi connectivity index (χ0) is 15.1. The molecule has 2 aromatic carbocycles. The molecular weight excluding hydrogens is 282 g/mol. The Labute approximate surface area is 127 Å². The molecule has 0 saturated heterocycles. The molecule has 112 valence electrons. The maximum atomic E-state index is 12.1. The van der Waals surface area contributed by atoms with E-state index in [1.165, 1.54) is 5.56 Å². The highest BCUT2D eigenvalue weighted by atomic mass is 32.2. The van der Waals surface area contributed by atoms with Crippen LogP contribution in [0.15, 0.2) is 60.7 Å². The van der Waals surface area contributed by atoms with Gasteiger partial charge in [-0.15, -0.1) is 0 Å². The fourth-order valence-corrected chi connectivity index (χ4v) is 3.67. The molecule has 0 spiro atoms. The van der Waals surface area contributed by atoms with Gasteiger partial charge in [0.1, 0.15) is 0 Å². The Kier molecular flexibility index (Phi) is 5.53. The van der Waals surface area contributed by atoms with Gasteiger partial charge >= 0.3 is 0 Å². The molecule has 0 aromatic heterocycles. The minimum atomic E-state index is -3.29. The second kappa shape index (κ2) is 7.38. The molecule has 1 atom stereocenters. The van der Waals surface area contributed by atoms with Crippen molar-refractivity contribution in [2.24, 2.45) is 0 Å². The summed E-state index contributed by atoms with van der Waals surface area (Å²) in [6, 6.07) is 19.3. The standard InChI is InChI=1S/C17H21NO2S/c1-15(12-13-16-8-4-2-5-9-16)18-21(19,20)14-17-10-6-3-7-11-17/h2-11,15,18H,12-14H2,1H3/t15-/m1/s1. The molecule has 1 N–H and O–H groups in total. The van der Waals surface area contributed by atoms with Crippen LogP contribution in [0.2, 0.25) is 0 Å². The fourth-order valence-electron chi connectivity index (χ4n) is 2.23. The lowest BCUT2D eigenvalue weighted by molar-refractivity contribution is 0.546. The third kappa shape index (κ3) is 5.69. The summed E-state index contributed by atoms with van der Waals surface area (Å²) in [6.07, 6.45) is 1.66. The Bertz CT molecular complexity index is 639. The van der Waals surface area contributed by atoms with Gasteiger partial charge in [-0.2, -0.15) is 0 Å². The van der Waals surface area contributed by atoms with E-state index in [9.17, 15) is 8.42 Å². The van der Waals surface area contributed by atoms with Gasteiger partial charge in [0.15, 0.2) is 0 Å². The van der Waals surface area contributed by atoms with Crippen LogP contribution in [0.4, 0.5) is 0 Å². The first-order valence-electron chi connectivity index (χ1n) is 7.13. The van der Waals surface area contributed by atoms with E-state index in [0.29, 0.717) is 0 Å². The van der Waals surface area contributed by atoms with E-state index < -0.39 is 10.0 Å². The van der Waals surface area contributed by atoms with Gasteiger partial charge < -0.3 is 0 Å². The lowest BCUT2D eigenvalue weighted by Crippen LogP contribution is -2.33. The Morgan fingerprint density at radius 3 is 2.00 bits per heavy atom. The molecule has 3 nitrogen and oxygen atoms in total. The van der Waals surface area contributed by atoms with Crippen LogP contribution < -0.4 is 4.72 Å². The number of hydrogen-bond acceptors (Lipinski definition) is 2. The average Bonchev–Trinajstić information content (AvgIpc) is 2.46. The maximum Gasteiger partial charge on any atom is 0.216 e. The summed E-state index contributed by atoms with van der Waals surface area (Å²) in [5, 5.41) is 0. The van der Waals surface area contributed by atoms with Crippen LogP contribution in [0.3, 0.4) is 0 Å². The van der Waals surface area contributed by atoms with Crippen molar-refractivity contribution in [2.75, 3.05) is 0 Å². The highest BCUT2D eigenvalue weighted by Gasteiger charge is 2.15. The molecule has 0 heterocycles. The van der Waals surface area contributed by atoms with Gasteiger partial charge in [-0.3, -0.25) is 0 Å². The monoisotopic (exact) mass is 303 g/mol. The topological polar surface area (TPSA) is 46.2 Å². The Hall–Kier alpha value is -1.65. The summed E-state index contributed by atoms with van der Waals surface area (Å²) >= 11 is 0. The quantitative estimate of drug-likeness (QED) is 0.854. The molecule has 0 radical (unpaired) electrons. The zero-order valence-electron chi connectivity index (χ0n) is 12.2. The second-order valence-corrected chi connectivity index (χ2v) is 7.04. The molecule has 0 saturated carbocycles. The molecule has 4 heteroatoms. The number of benzene rings is 2. The first-order chi connectivity index (χ1) is 10.1. The van der Waals surface area contributed by atoms with E-state index in [1.807, 2.05) is 55.5 Å². The summed E-state index contributed by atoms with van der Waals surface area (Å²) in [5.41, 5.74) is 2.03. The highest BCUT2D eigenvalue weighted by molar-refractivity contribution is 7.88. The van der Waals surface area contributed by atoms with Crippen molar-refractivity contribution in [3.63, 3.8) is 0 Å². The first kappa shape index (κ1) is 15.7. The minimum absolute atomic E-state index is 0.0313. The Balaban J connectivity index is 1.85. The Morgan fingerprint density at radius 1 is 0.905 bits per heavy atom. The van der Waals surface area contributed by atoms with Crippen LogP contribution in [0, 0.1) is 0 Å². The van der Waals surface area contributed by atoms with Crippen molar-refractivity contribution in [2.45, 2.75) is 31.6 Å². The van der Waals surface area contributed by atoms with E-state index in [-0.39, 0.29) is 11.8 Å². The summed E-state index contributed by atoms with van der Waals surface area (Å²) in [7, 11) is -3.29. The van der Waals surface area contributed by atoms with Crippen LogP contribution in [0.1, 0.15) is 24.5 Å². The fraction of sp³-hybridized carbons (Fsp3) is 0.294. The normalized spacial score (nSPS) is 13.0. The molecule has 0 aliphatic rings. The van der Waals surface area contributed by atoms with E-state index in [2.05, 4.69) is 16.9 Å². The van der Waals surface area contributed by atoms with Gasteiger partial charge in [0.25, 0.3) is 0 Å². The number of aryl methyl sites for hydroxylation is 1. The van der Waals surface area contributed by atoms with E-state index in [4.69, 9.17) is 0 Å². The van der Waals surface area contributed by atoms with Gasteiger partial charge in [0.05, 0.1) is 5.75 Å². The van der Waals surface area contributed by atoms with Gasteiger partial charge in [0, 0.05) is 6.04 Å². The van der Waals surface area contributed by atoms with Crippen molar-refractivity contribution in [3.8, 4) is 0 Å². The third-order valence-electron chi connectivity index (χ3n) is 3.29. The number of nitrogens with one attached hydrogen (secondary N) is 1. The van der Waals surface area contributed by atoms with Crippen LogP contribution in [-0.2, 0) is 22.2 Å². The average molecular weight is 303 g/mol. The van der Waals surface area contributed by atoms with E-state index in [0.717, 1.165) is 18.4 Å². The molecule has 0 aliphatic heterocycles. The number of rotatable bonds is 7. The minimum Gasteiger partial charge on any atom is -0.212 e. The predicted molar refractivity (Wildman–Crippen MR) is 86.4 cm³/mol.